The van der Waals surface area contributed by atoms with Crippen LogP contribution in [0, 0.1) is 0 Å². The first-order chi connectivity index (χ1) is 12.8. The lowest BCUT2D eigenvalue weighted by molar-refractivity contribution is 0.590. The molecule has 0 saturated heterocycles. The number of nitrogens with one attached hydrogen (secondary N) is 1. The van der Waals surface area contributed by atoms with E-state index in [0.717, 1.165) is 44.5 Å². The molecule has 0 radical (unpaired) electrons. The summed E-state index contributed by atoms with van der Waals surface area (Å²) in [6.45, 7) is 12.8. The van der Waals surface area contributed by atoms with Crippen LogP contribution < -0.4 is 16.0 Å². The number of anilines is 4. The molecule has 0 amide bonds. The average molecular weight is 371 g/mol. The molecule has 27 heavy (non-hydrogen) atoms. The number of nitrogens with two attached hydrogens (primary N) is 1. The summed E-state index contributed by atoms with van der Waals surface area (Å²) < 4.78 is 0. The van der Waals surface area contributed by atoms with Gasteiger partial charge in [-0.15, -0.1) is 0 Å². The van der Waals surface area contributed by atoms with Gasteiger partial charge in [0.15, 0.2) is 0 Å². The predicted molar refractivity (Wildman–Crippen MR) is 115 cm³/mol. The molecule has 0 aliphatic carbocycles. The third kappa shape index (κ3) is 6.38. The van der Waals surface area contributed by atoms with Crippen molar-refractivity contribution in [2.75, 3.05) is 29.0 Å². The Balaban J connectivity index is 2.19. The molecule has 0 unspecified atom stereocenters. The van der Waals surface area contributed by atoms with Crippen LogP contribution in [-0.4, -0.2) is 28.0 Å². The van der Waals surface area contributed by atoms with Crippen molar-refractivity contribution >= 4 is 23.5 Å². The number of nitrogen functional groups attached to an aromatic ring is 1. The summed E-state index contributed by atoms with van der Waals surface area (Å²) in [6, 6.07) is 8.35. The summed E-state index contributed by atoms with van der Waals surface area (Å²) in [5, 5.41) is 3.26. The number of benzene rings is 1. The number of unbranched alkanes of at least 4 members (excludes halogenated alkanes) is 2. The smallest absolute Gasteiger partial charge is 0.233 e. The van der Waals surface area contributed by atoms with Crippen molar-refractivity contribution in [3.8, 4) is 0 Å². The zero-order valence-corrected chi connectivity index (χ0v) is 17.4. The van der Waals surface area contributed by atoms with Gasteiger partial charge in [0.2, 0.25) is 17.8 Å². The van der Waals surface area contributed by atoms with E-state index in [4.69, 9.17) is 5.73 Å². The summed E-state index contributed by atoms with van der Waals surface area (Å²) in [5.74, 6) is 1.38. The summed E-state index contributed by atoms with van der Waals surface area (Å²) in [5.41, 5.74) is 8.31. The van der Waals surface area contributed by atoms with Crippen LogP contribution in [0.1, 0.15) is 65.9 Å². The molecule has 0 aliphatic heterocycles. The van der Waals surface area contributed by atoms with E-state index in [-0.39, 0.29) is 11.4 Å². The molecule has 1 aromatic heterocycles. The highest BCUT2D eigenvalue weighted by molar-refractivity contribution is 5.56. The number of aromatic nitrogens is 3. The SMILES string of the molecule is CCCCN(CCCC)c1nc(N)nc(Nc2ccc(C(C)(C)C)cc2)n1. The Morgan fingerprint density at radius 3 is 2.04 bits per heavy atom. The fourth-order valence-electron chi connectivity index (χ4n) is 2.77. The fourth-order valence-corrected chi connectivity index (χ4v) is 2.77. The topological polar surface area (TPSA) is 80.0 Å². The Morgan fingerprint density at radius 2 is 1.52 bits per heavy atom. The van der Waals surface area contributed by atoms with Gasteiger partial charge in [-0.1, -0.05) is 59.6 Å². The molecule has 6 nitrogen and oxygen atoms in total. The Kier molecular flexibility index (Phi) is 7.39. The van der Waals surface area contributed by atoms with Crippen molar-refractivity contribution in [2.45, 2.75) is 65.7 Å². The van der Waals surface area contributed by atoms with Crippen LogP contribution in [0.25, 0.3) is 0 Å². The summed E-state index contributed by atoms with van der Waals surface area (Å²) in [7, 11) is 0. The first-order valence-corrected chi connectivity index (χ1v) is 9.97. The quantitative estimate of drug-likeness (QED) is 0.653. The van der Waals surface area contributed by atoms with Crippen LogP contribution >= 0.6 is 0 Å². The van der Waals surface area contributed by atoms with Crippen LogP contribution in [0.5, 0.6) is 0 Å². The minimum Gasteiger partial charge on any atom is -0.368 e. The van der Waals surface area contributed by atoms with Gasteiger partial charge < -0.3 is 16.0 Å². The molecule has 2 rings (SSSR count). The molecule has 1 heterocycles. The molecule has 148 valence electrons. The van der Waals surface area contributed by atoms with Crippen molar-refractivity contribution in [1.82, 2.24) is 15.0 Å². The van der Waals surface area contributed by atoms with Crippen LogP contribution in [0.4, 0.5) is 23.5 Å². The molecular weight excluding hydrogens is 336 g/mol. The molecule has 3 N–H and O–H groups in total. The number of nitrogens with zero attached hydrogens (tertiary/aromatic N) is 4. The van der Waals surface area contributed by atoms with Crippen molar-refractivity contribution in [2.24, 2.45) is 0 Å². The van der Waals surface area contributed by atoms with Crippen molar-refractivity contribution in [3.05, 3.63) is 29.8 Å². The van der Waals surface area contributed by atoms with E-state index >= 15 is 0 Å². The number of hydrogen-bond acceptors (Lipinski definition) is 6. The zero-order valence-electron chi connectivity index (χ0n) is 17.4. The highest BCUT2D eigenvalue weighted by Gasteiger charge is 2.14. The van der Waals surface area contributed by atoms with E-state index in [1.165, 1.54) is 5.56 Å². The van der Waals surface area contributed by atoms with Crippen LogP contribution in [0.3, 0.4) is 0 Å². The zero-order chi connectivity index (χ0) is 19.9. The minimum atomic E-state index is 0.127. The molecule has 1 aromatic carbocycles. The third-order valence-electron chi connectivity index (χ3n) is 4.49. The van der Waals surface area contributed by atoms with Gasteiger partial charge in [-0.05, 0) is 36.0 Å². The first-order valence-electron chi connectivity index (χ1n) is 9.97. The van der Waals surface area contributed by atoms with Crippen molar-refractivity contribution in [3.63, 3.8) is 0 Å². The second kappa shape index (κ2) is 9.53. The van der Waals surface area contributed by atoms with Gasteiger partial charge in [0.1, 0.15) is 0 Å². The predicted octanol–water partition coefficient (Wildman–Crippen LogP) is 4.90. The maximum Gasteiger partial charge on any atom is 0.233 e. The van der Waals surface area contributed by atoms with Gasteiger partial charge in [0.05, 0.1) is 0 Å². The molecule has 0 bridgehead atoms. The average Bonchev–Trinajstić information content (AvgIpc) is 2.61. The van der Waals surface area contributed by atoms with Crippen LogP contribution in [0.15, 0.2) is 24.3 Å². The van der Waals surface area contributed by atoms with Crippen LogP contribution in [-0.2, 0) is 5.41 Å². The van der Waals surface area contributed by atoms with E-state index < -0.39 is 0 Å². The Labute approximate surface area is 163 Å². The van der Waals surface area contributed by atoms with E-state index in [1.54, 1.807) is 0 Å². The van der Waals surface area contributed by atoms with Gasteiger partial charge in [0.25, 0.3) is 0 Å². The van der Waals surface area contributed by atoms with E-state index in [0.29, 0.717) is 11.9 Å². The number of rotatable bonds is 9. The molecule has 0 saturated carbocycles. The van der Waals surface area contributed by atoms with E-state index in [1.807, 2.05) is 12.1 Å². The van der Waals surface area contributed by atoms with Crippen molar-refractivity contribution < 1.29 is 0 Å². The number of hydrogen-bond donors (Lipinski definition) is 2. The van der Waals surface area contributed by atoms with Crippen LogP contribution in [0.2, 0.25) is 0 Å². The lowest BCUT2D eigenvalue weighted by Crippen LogP contribution is -2.28. The summed E-state index contributed by atoms with van der Waals surface area (Å²) >= 11 is 0. The summed E-state index contributed by atoms with van der Waals surface area (Å²) in [6.07, 6.45) is 4.47. The van der Waals surface area contributed by atoms with Crippen molar-refractivity contribution in [1.29, 1.82) is 0 Å². The molecule has 0 aliphatic rings. The summed E-state index contributed by atoms with van der Waals surface area (Å²) in [4.78, 5) is 15.5. The van der Waals surface area contributed by atoms with Gasteiger partial charge in [-0.25, -0.2) is 0 Å². The first kappa shape index (κ1) is 20.9. The maximum atomic E-state index is 5.96. The highest BCUT2D eigenvalue weighted by Crippen LogP contribution is 2.24. The second-order valence-corrected chi connectivity index (χ2v) is 7.96. The van der Waals surface area contributed by atoms with Gasteiger partial charge >= 0.3 is 0 Å². The Bertz CT molecular complexity index is 698. The highest BCUT2D eigenvalue weighted by atomic mass is 15.3. The third-order valence-corrected chi connectivity index (χ3v) is 4.49. The lowest BCUT2D eigenvalue weighted by atomic mass is 9.87. The molecule has 0 atom stereocenters. The monoisotopic (exact) mass is 370 g/mol. The molecule has 6 heteroatoms. The van der Waals surface area contributed by atoms with Gasteiger partial charge in [0, 0.05) is 18.8 Å². The van der Waals surface area contributed by atoms with E-state index in [2.05, 4.69) is 71.9 Å². The minimum absolute atomic E-state index is 0.127. The standard InChI is InChI=1S/C21H34N6/c1-6-8-14-27(15-9-7-2)20-25-18(22)24-19(26-20)23-17-12-10-16(11-13-17)21(3,4)5/h10-13H,6-9,14-15H2,1-5H3,(H3,22,23,24,25,26). The molecular formula is C21H34N6. The maximum absolute atomic E-state index is 5.96. The largest absolute Gasteiger partial charge is 0.368 e. The molecule has 2 aromatic rings. The second-order valence-electron chi connectivity index (χ2n) is 7.96. The lowest BCUT2D eigenvalue weighted by Gasteiger charge is -2.23. The Hall–Kier alpha value is -2.37. The molecule has 0 spiro atoms. The van der Waals surface area contributed by atoms with Gasteiger partial charge in [-0.3, -0.25) is 0 Å². The normalized spacial score (nSPS) is 11.4. The fraction of sp³-hybridized carbons (Fsp3) is 0.571. The Morgan fingerprint density at radius 1 is 0.926 bits per heavy atom. The van der Waals surface area contributed by atoms with Gasteiger partial charge in [-0.2, -0.15) is 15.0 Å². The van der Waals surface area contributed by atoms with E-state index in [9.17, 15) is 0 Å². The molecule has 0 fully saturated rings.